The Morgan fingerprint density at radius 3 is 2.55 bits per heavy atom. The van der Waals surface area contributed by atoms with Crippen LogP contribution in [0.4, 0.5) is 11.4 Å². The molecule has 8 heteroatoms. The molecule has 0 amide bonds. The number of hydrogen-bond acceptors (Lipinski definition) is 7. The first-order chi connectivity index (χ1) is 15.9. The molecule has 1 aromatic rings. The zero-order valence-electron chi connectivity index (χ0n) is 19.3. The molecule has 1 spiro atoms. The van der Waals surface area contributed by atoms with Crippen LogP contribution in [0.15, 0.2) is 24.3 Å². The maximum absolute atomic E-state index is 12.9. The number of epoxide rings is 1. The molecular weight excluding hydrogens is 422 g/mol. The minimum absolute atomic E-state index is 0.00388. The predicted molar refractivity (Wildman–Crippen MR) is 122 cm³/mol. The number of anilines is 1. The van der Waals surface area contributed by atoms with Crippen molar-refractivity contribution in [2.24, 2.45) is 23.2 Å². The second-order valence-corrected chi connectivity index (χ2v) is 11.2. The lowest BCUT2D eigenvalue weighted by molar-refractivity contribution is -0.384. The molecule has 6 rings (SSSR count). The van der Waals surface area contributed by atoms with Gasteiger partial charge in [0.05, 0.1) is 23.0 Å². The van der Waals surface area contributed by atoms with Gasteiger partial charge in [-0.15, -0.1) is 0 Å². The fourth-order valence-corrected chi connectivity index (χ4v) is 7.42. The van der Waals surface area contributed by atoms with Gasteiger partial charge in [0.15, 0.2) is 0 Å². The van der Waals surface area contributed by atoms with Gasteiger partial charge in [-0.2, -0.15) is 0 Å². The molecule has 33 heavy (non-hydrogen) atoms. The third-order valence-corrected chi connectivity index (χ3v) is 9.33. The molecule has 0 aromatic heterocycles. The lowest BCUT2D eigenvalue weighted by atomic mass is 9.53. The van der Waals surface area contributed by atoms with E-state index in [1.54, 1.807) is 12.1 Å². The van der Waals surface area contributed by atoms with E-state index in [0.29, 0.717) is 11.8 Å². The van der Waals surface area contributed by atoms with Gasteiger partial charge in [-0.3, -0.25) is 19.8 Å². The minimum Gasteiger partial charge on any atom is -0.462 e. The number of fused-ring (bicyclic) bond motifs is 3. The van der Waals surface area contributed by atoms with Gasteiger partial charge in [-0.05, 0) is 55.6 Å². The Bertz CT molecular complexity index is 940. The van der Waals surface area contributed by atoms with Crippen LogP contribution in [0.3, 0.4) is 0 Å². The smallest absolute Gasteiger partial charge is 0.310 e. The van der Waals surface area contributed by atoms with Gasteiger partial charge in [0.1, 0.15) is 6.10 Å². The number of ether oxygens (including phenoxy) is 2. The number of carbonyl (C=O) groups excluding carboxylic acids is 1. The van der Waals surface area contributed by atoms with Crippen molar-refractivity contribution in [1.29, 1.82) is 0 Å². The fourth-order valence-electron chi connectivity index (χ4n) is 7.42. The van der Waals surface area contributed by atoms with E-state index in [0.717, 1.165) is 57.9 Å². The Morgan fingerprint density at radius 2 is 1.88 bits per heavy atom. The van der Waals surface area contributed by atoms with Gasteiger partial charge in [-0.25, -0.2) is 0 Å². The Hall–Kier alpha value is -2.19. The lowest BCUT2D eigenvalue weighted by Crippen LogP contribution is -2.52. The number of rotatable bonds is 4. The highest BCUT2D eigenvalue weighted by Gasteiger charge is 2.65. The van der Waals surface area contributed by atoms with Crippen LogP contribution in [0.5, 0.6) is 0 Å². The quantitative estimate of drug-likeness (QED) is 0.298. The molecule has 2 saturated carbocycles. The molecule has 5 aliphatic rings. The van der Waals surface area contributed by atoms with Gasteiger partial charge in [0.25, 0.3) is 5.69 Å². The molecular formula is C25H33N3O5. The summed E-state index contributed by atoms with van der Waals surface area (Å²) < 4.78 is 12.0. The van der Waals surface area contributed by atoms with E-state index in [9.17, 15) is 14.9 Å². The van der Waals surface area contributed by atoms with E-state index in [1.165, 1.54) is 19.3 Å². The van der Waals surface area contributed by atoms with Gasteiger partial charge in [0.2, 0.25) is 0 Å². The first-order valence-corrected chi connectivity index (χ1v) is 12.4. The number of benzene rings is 1. The third-order valence-electron chi connectivity index (χ3n) is 9.33. The number of carbonyl (C=O) groups is 1. The molecule has 3 aliphatic heterocycles. The number of nitro benzene ring substituents is 1. The molecule has 8 nitrogen and oxygen atoms in total. The van der Waals surface area contributed by atoms with Crippen LogP contribution in [0.1, 0.15) is 39.0 Å². The second-order valence-electron chi connectivity index (χ2n) is 11.2. The predicted octanol–water partition coefficient (Wildman–Crippen LogP) is 3.24. The van der Waals surface area contributed by atoms with Gasteiger partial charge in [0, 0.05) is 56.5 Å². The van der Waals surface area contributed by atoms with Gasteiger partial charge < -0.3 is 14.4 Å². The summed E-state index contributed by atoms with van der Waals surface area (Å²) in [5.41, 5.74) is 1.46. The normalized spacial score (nSPS) is 40.3. The first kappa shape index (κ1) is 21.4. The summed E-state index contributed by atoms with van der Waals surface area (Å²) >= 11 is 0. The number of non-ortho nitro benzene ring substituents is 1. The summed E-state index contributed by atoms with van der Waals surface area (Å²) in [4.78, 5) is 28.1. The Balaban J connectivity index is 1.09. The average molecular weight is 456 g/mol. The van der Waals surface area contributed by atoms with Crippen molar-refractivity contribution in [3.63, 3.8) is 0 Å². The monoisotopic (exact) mass is 455 g/mol. The summed E-state index contributed by atoms with van der Waals surface area (Å²) in [6.07, 6.45) is 5.73. The van der Waals surface area contributed by atoms with E-state index >= 15 is 0 Å². The summed E-state index contributed by atoms with van der Waals surface area (Å²) in [7, 11) is 0. The maximum atomic E-state index is 12.9. The van der Waals surface area contributed by atoms with E-state index in [-0.39, 0.29) is 39.6 Å². The van der Waals surface area contributed by atoms with Crippen molar-refractivity contribution < 1.29 is 19.2 Å². The SMILES string of the molecule is C[C@@]12CCC[C@]3(CO3)[C@@H]1C[C@@H]1[C@@H](C2)OC(=O)[C@@H]1CN1CCN(c2ccc([N+](=O)[O-])cc2)CC1. The average Bonchev–Trinajstić information content (AvgIpc) is 3.51. The largest absolute Gasteiger partial charge is 0.462 e. The Labute approximate surface area is 194 Å². The van der Waals surface area contributed by atoms with Crippen LogP contribution in [-0.2, 0) is 14.3 Å². The highest BCUT2D eigenvalue weighted by atomic mass is 16.6. The van der Waals surface area contributed by atoms with Crippen LogP contribution in [0, 0.1) is 33.3 Å². The standard InChI is InChI=1S/C25H33N3O5/c1-24-7-2-8-25(16-32-25)22(24)13-19-20(23(29)33-21(19)14-24)15-26-9-11-27(12-10-26)17-3-5-18(6-4-17)28(30)31/h3-6,19-22H,2,7-16H2,1H3/t19-,20+,21+,22+,24-,25-/m0/s1. The molecule has 0 N–H and O–H groups in total. The molecule has 178 valence electrons. The molecule has 2 aliphatic carbocycles. The van der Waals surface area contributed by atoms with Gasteiger partial charge >= 0.3 is 5.97 Å². The van der Waals surface area contributed by atoms with Crippen molar-refractivity contribution in [2.45, 2.75) is 50.7 Å². The second kappa shape index (κ2) is 7.67. The molecule has 6 atom stereocenters. The Kier molecular flexibility index (Phi) is 4.96. The van der Waals surface area contributed by atoms with Crippen LogP contribution >= 0.6 is 0 Å². The van der Waals surface area contributed by atoms with Crippen molar-refractivity contribution in [3.8, 4) is 0 Å². The number of nitrogens with zero attached hydrogens (tertiary/aromatic N) is 3. The van der Waals surface area contributed by atoms with E-state index in [2.05, 4.69) is 16.7 Å². The zero-order valence-corrected chi connectivity index (χ0v) is 19.3. The van der Waals surface area contributed by atoms with Crippen LogP contribution < -0.4 is 4.90 Å². The van der Waals surface area contributed by atoms with Crippen molar-refractivity contribution in [1.82, 2.24) is 4.90 Å². The number of esters is 1. The van der Waals surface area contributed by atoms with E-state index in [1.807, 2.05) is 12.1 Å². The molecule has 3 heterocycles. The first-order valence-electron chi connectivity index (χ1n) is 12.4. The molecule has 1 aromatic carbocycles. The number of nitro groups is 1. The van der Waals surface area contributed by atoms with Crippen LogP contribution in [0.2, 0.25) is 0 Å². The molecule has 0 radical (unpaired) electrons. The van der Waals surface area contributed by atoms with Crippen molar-refractivity contribution >= 4 is 17.3 Å². The highest BCUT2D eigenvalue weighted by Crippen LogP contribution is 2.62. The van der Waals surface area contributed by atoms with Crippen LogP contribution in [-0.4, -0.2) is 66.8 Å². The fraction of sp³-hybridized carbons (Fsp3) is 0.720. The molecule has 3 saturated heterocycles. The summed E-state index contributed by atoms with van der Waals surface area (Å²) in [6.45, 7) is 7.53. The third kappa shape index (κ3) is 3.62. The molecule has 0 unspecified atom stereocenters. The Morgan fingerprint density at radius 1 is 1.15 bits per heavy atom. The summed E-state index contributed by atoms with van der Waals surface area (Å²) in [5, 5.41) is 10.9. The van der Waals surface area contributed by atoms with Crippen LogP contribution in [0.25, 0.3) is 0 Å². The number of piperazine rings is 1. The topological polar surface area (TPSA) is 88.5 Å². The van der Waals surface area contributed by atoms with E-state index in [4.69, 9.17) is 9.47 Å². The van der Waals surface area contributed by atoms with Gasteiger partial charge in [-0.1, -0.05) is 6.92 Å². The maximum Gasteiger partial charge on any atom is 0.310 e. The van der Waals surface area contributed by atoms with Crippen molar-refractivity contribution in [3.05, 3.63) is 34.4 Å². The summed E-state index contributed by atoms with van der Waals surface area (Å²) in [6, 6.07) is 6.78. The van der Waals surface area contributed by atoms with E-state index < -0.39 is 0 Å². The summed E-state index contributed by atoms with van der Waals surface area (Å²) in [5.74, 6) is 0.817. The highest BCUT2D eigenvalue weighted by molar-refractivity contribution is 5.75. The molecule has 5 fully saturated rings. The number of hydrogen-bond donors (Lipinski definition) is 0. The van der Waals surface area contributed by atoms with Crippen molar-refractivity contribution in [2.75, 3.05) is 44.2 Å². The zero-order chi connectivity index (χ0) is 22.8. The minimum atomic E-state index is -0.367. The molecule has 0 bridgehead atoms. The lowest BCUT2D eigenvalue weighted by Gasteiger charge is -2.51.